The lowest BCUT2D eigenvalue weighted by molar-refractivity contribution is -0.124. The van der Waals surface area contributed by atoms with Crippen molar-refractivity contribution in [2.45, 2.75) is 19.4 Å². The van der Waals surface area contributed by atoms with Crippen molar-refractivity contribution < 1.29 is 9.59 Å². The zero-order valence-corrected chi connectivity index (χ0v) is 12.6. The Hall–Kier alpha value is -1.40. The lowest BCUT2D eigenvalue weighted by Crippen LogP contribution is -2.47. The zero-order chi connectivity index (χ0) is 14.4. The van der Waals surface area contributed by atoms with Gasteiger partial charge in [0.05, 0.1) is 6.04 Å². The minimum Gasteiger partial charge on any atom is -0.351 e. The standard InChI is InChI=1S/C13H18BrN3O2/c1-9(12(18)16-13(15)19)17(2)8-7-10-3-5-11(14)6-4-10/h3-6,9H,7-8H2,1-2H3,(H3,15,16,18,19)/t9-/m1/s1. The summed E-state index contributed by atoms with van der Waals surface area (Å²) >= 11 is 3.38. The van der Waals surface area contributed by atoms with Gasteiger partial charge >= 0.3 is 6.03 Å². The Labute approximate surface area is 121 Å². The van der Waals surface area contributed by atoms with Crippen LogP contribution in [-0.2, 0) is 11.2 Å². The third-order valence-electron chi connectivity index (χ3n) is 2.95. The topological polar surface area (TPSA) is 75.4 Å². The molecule has 0 bridgehead atoms. The van der Waals surface area contributed by atoms with E-state index in [9.17, 15) is 9.59 Å². The zero-order valence-electron chi connectivity index (χ0n) is 11.0. The number of hydrogen-bond donors (Lipinski definition) is 2. The highest BCUT2D eigenvalue weighted by Gasteiger charge is 2.18. The highest BCUT2D eigenvalue weighted by atomic mass is 79.9. The van der Waals surface area contributed by atoms with Gasteiger partial charge in [0.15, 0.2) is 0 Å². The van der Waals surface area contributed by atoms with Crippen molar-refractivity contribution in [1.29, 1.82) is 0 Å². The second-order valence-electron chi connectivity index (χ2n) is 4.39. The van der Waals surface area contributed by atoms with E-state index in [4.69, 9.17) is 5.73 Å². The third-order valence-corrected chi connectivity index (χ3v) is 3.48. The first kappa shape index (κ1) is 15.7. The van der Waals surface area contributed by atoms with Gasteiger partial charge in [-0.05, 0) is 38.1 Å². The van der Waals surface area contributed by atoms with Gasteiger partial charge in [-0.25, -0.2) is 4.79 Å². The SMILES string of the molecule is C[C@H](C(=O)NC(N)=O)N(C)CCc1ccc(Br)cc1. The number of rotatable bonds is 5. The Bertz CT molecular complexity index is 448. The number of urea groups is 1. The Morgan fingerprint density at radius 1 is 1.37 bits per heavy atom. The van der Waals surface area contributed by atoms with Gasteiger partial charge in [-0.3, -0.25) is 15.0 Å². The summed E-state index contributed by atoms with van der Waals surface area (Å²) in [7, 11) is 1.84. The van der Waals surface area contributed by atoms with Crippen LogP contribution in [0, 0.1) is 0 Å². The van der Waals surface area contributed by atoms with Crippen molar-refractivity contribution in [3.8, 4) is 0 Å². The summed E-state index contributed by atoms with van der Waals surface area (Å²) in [6.07, 6.45) is 0.831. The Kier molecular flexibility index (Phi) is 5.98. The molecule has 6 heteroatoms. The largest absolute Gasteiger partial charge is 0.351 e. The number of carbonyl (C=O) groups excluding carboxylic acids is 2. The molecule has 1 aromatic rings. The van der Waals surface area contributed by atoms with Crippen LogP contribution in [0.15, 0.2) is 28.7 Å². The van der Waals surface area contributed by atoms with E-state index in [1.807, 2.05) is 36.2 Å². The molecule has 0 heterocycles. The number of nitrogens with two attached hydrogens (primary N) is 1. The average molecular weight is 328 g/mol. The van der Waals surface area contributed by atoms with Gasteiger partial charge in [0, 0.05) is 11.0 Å². The van der Waals surface area contributed by atoms with E-state index < -0.39 is 12.1 Å². The summed E-state index contributed by atoms with van der Waals surface area (Å²) in [6.45, 7) is 2.45. The Morgan fingerprint density at radius 2 is 1.95 bits per heavy atom. The number of primary amides is 1. The molecule has 1 rings (SSSR count). The number of halogens is 1. The van der Waals surface area contributed by atoms with Crippen molar-refractivity contribution in [2.75, 3.05) is 13.6 Å². The lowest BCUT2D eigenvalue weighted by atomic mass is 10.1. The van der Waals surface area contributed by atoms with Crippen molar-refractivity contribution in [3.63, 3.8) is 0 Å². The fourth-order valence-electron chi connectivity index (χ4n) is 1.58. The van der Waals surface area contributed by atoms with Crippen LogP contribution in [0.2, 0.25) is 0 Å². The van der Waals surface area contributed by atoms with E-state index in [-0.39, 0.29) is 5.91 Å². The molecule has 0 aromatic heterocycles. The fourth-order valence-corrected chi connectivity index (χ4v) is 1.84. The summed E-state index contributed by atoms with van der Waals surface area (Å²) in [5.74, 6) is -0.384. The normalized spacial score (nSPS) is 12.2. The molecule has 1 aromatic carbocycles. The molecule has 0 saturated heterocycles. The number of nitrogens with one attached hydrogen (secondary N) is 1. The monoisotopic (exact) mass is 327 g/mol. The molecule has 5 nitrogen and oxygen atoms in total. The first-order valence-electron chi connectivity index (χ1n) is 5.95. The quantitative estimate of drug-likeness (QED) is 0.860. The minimum atomic E-state index is -0.821. The maximum absolute atomic E-state index is 11.6. The molecule has 104 valence electrons. The van der Waals surface area contributed by atoms with E-state index in [2.05, 4.69) is 21.2 Å². The van der Waals surface area contributed by atoms with Crippen LogP contribution in [0.3, 0.4) is 0 Å². The van der Waals surface area contributed by atoms with Crippen molar-refractivity contribution in [1.82, 2.24) is 10.2 Å². The molecule has 1 atom stereocenters. The maximum Gasteiger partial charge on any atom is 0.318 e. The highest BCUT2D eigenvalue weighted by Crippen LogP contribution is 2.11. The molecule has 19 heavy (non-hydrogen) atoms. The maximum atomic E-state index is 11.6. The Balaban J connectivity index is 2.46. The molecule has 0 fully saturated rings. The number of likely N-dealkylation sites (N-methyl/N-ethyl adjacent to an activating group) is 1. The first-order valence-corrected chi connectivity index (χ1v) is 6.74. The van der Waals surface area contributed by atoms with Gasteiger partial charge in [-0.2, -0.15) is 0 Å². The smallest absolute Gasteiger partial charge is 0.318 e. The van der Waals surface area contributed by atoms with E-state index in [1.165, 1.54) is 5.56 Å². The van der Waals surface area contributed by atoms with Crippen LogP contribution < -0.4 is 11.1 Å². The van der Waals surface area contributed by atoms with E-state index in [0.717, 1.165) is 17.4 Å². The van der Waals surface area contributed by atoms with Crippen LogP contribution in [0.25, 0.3) is 0 Å². The molecule has 0 unspecified atom stereocenters. The molecule has 0 aliphatic heterocycles. The summed E-state index contributed by atoms with van der Waals surface area (Å²) in [5.41, 5.74) is 6.11. The Morgan fingerprint density at radius 3 is 2.47 bits per heavy atom. The van der Waals surface area contributed by atoms with Gasteiger partial charge in [0.2, 0.25) is 5.91 Å². The number of hydrogen-bond acceptors (Lipinski definition) is 3. The molecule has 0 saturated carbocycles. The second kappa shape index (κ2) is 7.25. The number of nitrogens with zero attached hydrogens (tertiary/aromatic N) is 1. The predicted molar refractivity (Wildman–Crippen MR) is 77.7 cm³/mol. The van der Waals surface area contributed by atoms with Crippen LogP contribution in [-0.4, -0.2) is 36.5 Å². The van der Waals surface area contributed by atoms with Crippen molar-refractivity contribution in [3.05, 3.63) is 34.3 Å². The van der Waals surface area contributed by atoms with E-state index in [0.29, 0.717) is 0 Å². The van der Waals surface area contributed by atoms with Crippen LogP contribution >= 0.6 is 15.9 Å². The van der Waals surface area contributed by atoms with Crippen molar-refractivity contribution >= 4 is 27.9 Å². The number of amides is 3. The third kappa shape index (κ3) is 5.40. The molecule has 3 amide bonds. The molecule has 0 aliphatic rings. The molecule has 0 radical (unpaired) electrons. The molecule has 0 spiro atoms. The summed E-state index contributed by atoms with van der Waals surface area (Å²) in [5, 5.41) is 2.08. The number of carbonyl (C=O) groups is 2. The van der Waals surface area contributed by atoms with Crippen LogP contribution in [0.4, 0.5) is 4.79 Å². The second-order valence-corrected chi connectivity index (χ2v) is 5.30. The minimum absolute atomic E-state index is 0.384. The van der Waals surface area contributed by atoms with Crippen LogP contribution in [0.5, 0.6) is 0 Å². The summed E-state index contributed by atoms with van der Waals surface area (Å²) < 4.78 is 1.04. The molecule has 3 N–H and O–H groups in total. The molecular formula is C13H18BrN3O2. The first-order chi connectivity index (χ1) is 8.90. The van der Waals surface area contributed by atoms with Gasteiger partial charge in [-0.15, -0.1) is 0 Å². The lowest BCUT2D eigenvalue weighted by Gasteiger charge is -2.23. The number of benzene rings is 1. The summed E-state index contributed by atoms with van der Waals surface area (Å²) in [4.78, 5) is 24.1. The van der Waals surface area contributed by atoms with Gasteiger partial charge in [-0.1, -0.05) is 28.1 Å². The fraction of sp³-hybridized carbons (Fsp3) is 0.385. The number of imide groups is 1. The van der Waals surface area contributed by atoms with Gasteiger partial charge in [0.25, 0.3) is 0 Å². The molecule has 0 aliphatic carbocycles. The van der Waals surface area contributed by atoms with E-state index in [1.54, 1.807) is 6.92 Å². The summed E-state index contributed by atoms with van der Waals surface area (Å²) in [6, 6.07) is 6.82. The van der Waals surface area contributed by atoms with Crippen LogP contribution in [0.1, 0.15) is 12.5 Å². The van der Waals surface area contributed by atoms with Gasteiger partial charge < -0.3 is 5.73 Å². The van der Waals surface area contributed by atoms with E-state index >= 15 is 0 Å². The molecular weight excluding hydrogens is 310 g/mol. The predicted octanol–water partition coefficient (Wildman–Crippen LogP) is 1.51. The van der Waals surface area contributed by atoms with Crippen molar-refractivity contribution in [2.24, 2.45) is 5.73 Å². The van der Waals surface area contributed by atoms with Gasteiger partial charge in [0.1, 0.15) is 0 Å². The highest BCUT2D eigenvalue weighted by molar-refractivity contribution is 9.10. The average Bonchev–Trinajstić information content (AvgIpc) is 2.36.